The molecule has 0 saturated carbocycles. The first-order valence-corrected chi connectivity index (χ1v) is 10.1. The molecule has 4 rings (SSSR count). The monoisotopic (exact) mass is 408 g/mol. The maximum atomic E-state index is 12.8. The summed E-state index contributed by atoms with van der Waals surface area (Å²) in [4.78, 5) is 29.1. The molecule has 0 radical (unpaired) electrons. The highest BCUT2D eigenvalue weighted by molar-refractivity contribution is 7.92. The second-order valence-electron chi connectivity index (χ2n) is 6.26. The molecule has 0 unspecified atom stereocenters. The molecule has 4 N–H and O–H groups in total. The summed E-state index contributed by atoms with van der Waals surface area (Å²) in [6.45, 7) is 0. The lowest BCUT2D eigenvalue weighted by Gasteiger charge is -2.13. The second kappa shape index (κ2) is 7.28. The molecule has 1 aromatic heterocycles. The van der Waals surface area contributed by atoms with Crippen molar-refractivity contribution in [3.63, 3.8) is 0 Å². The summed E-state index contributed by atoms with van der Waals surface area (Å²) in [6, 6.07) is 19.4. The quantitative estimate of drug-likeness (QED) is 0.405. The van der Waals surface area contributed by atoms with Crippen LogP contribution < -0.4 is 15.7 Å². The number of aromatic amines is 2. The molecule has 0 fully saturated rings. The van der Waals surface area contributed by atoms with E-state index in [1.54, 1.807) is 36.4 Å². The maximum Gasteiger partial charge on any atom is 0.323 e. The number of amides is 1. The van der Waals surface area contributed by atoms with Gasteiger partial charge in [0, 0.05) is 5.69 Å². The Bertz CT molecular complexity index is 1360. The van der Waals surface area contributed by atoms with Gasteiger partial charge < -0.3 is 15.3 Å². The fraction of sp³-hybridized carbons (Fsp3) is 0. The van der Waals surface area contributed by atoms with Gasteiger partial charge in [-0.3, -0.25) is 9.52 Å². The third-order valence-corrected chi connectivity index (χ3v) is 5.61. The van der Waals surface area contributed by atoms with E-state index in [4.69, 9.17) is 0 Å². The van der Waals surface area contributed by atoms with Crippen LogP contribution in [0.2, 0.25) is 0 Å². The summed E-state index contributed by atoms with van der Waals surface area (Å²) >= 11 is 0. The number of carbonyl (C=O) groups is 1. The van der Waals surface area contributed by atoms with E-state index in [9.17, 15) is 18.0 Å². The molecule has 146 valence electrons. The predicted molar refractivity (Wildman–Crippen MR) is 111 cm³/mol. The summed E-state index contributed by atoms with van der Waals surface area (Å²) in [5, 5.41) is 2.73. The van der Waals surface area contributed by atoms with Gasteiger partial charge in [0.1, 0.15) is 0 Å². The van der Waals surface area contributed by atoms with Gasteiger partial charge in [-0.05, 0) is 42.5 Å². The van der Waals surface area contributed by atoms with Crippen LogP contribution >= 0.6 is 0 Å². The summed E-state index contributed by atoms with van der Waals surface area (Å²) in [7, 11) is -3.99. The molecule has 0 aliphatic carbocycles. The number of fused-ring (bicyclic) bond motifs is 1. The Hall–Kier alpha value is -3.85. The molecule has 0 atom stereocenters. The molecule has 3 aromatic carbocycles. The van der Waals surface area contributed by atoms with Crippen LogP contribution in [0.5, 0.6) is 0 Å². The molecule has 0 aliphatic rings. The van der Waals surface area contributed by atoms with Crippen LogP contribution in [-0.4, -0.2) is 24.3 Å². The summed E-state index contributed by atoms with van der Waals surface area (Å²) in [5.41, 5.74) is 1.35. The van der Waals surface area contributed by atoms with E-state index in [1.807, 2.05) is 6.07 Å². The average molecular weight is 408 g/mol. The second-order valence-corrected chi connectivity index (χ2v) is 7.94. The maximum absolute atomic E-state index is 12.8. The lowest BCUT2D eigenvalue weighted by Crippen LogP contribution is -2.18. The van der Waals surface area contributed by atoms with E-state index in [0.29, 0.717) is 16.7 Å². The fourth-order valence-electron chi connectivity index (χ4n) is 2.87. The third kappa shape index (κ3) is 3.90. The van der Waals surface area contributed by atoms with Crippen molar-refractivity contribution in [1.29, 1.82) is 0 Å². The molecule has 8 nitrogen and oxygen atoms in total. The van der Waals surface area contributed by atoms with Crippen molar-refractivity contribution in [3.8, 4) is 0 Å². The molecule has 0 aliphatic heterocycles. The molecule has 0 spiro atoms. The Morgan fingerprint density at radius 2 is 1.52 bits per heavy atom. The molecule has 9 heteroatoms. The minimum atomic E-state index is -3.99. The van der Waals surface area contributed by atoms with Gasteiger partial charge in [0.25, 0.3) is 15.9 Å². The first-order chi connectivity index (χ1) is 13.9. The normalized spacial score (nSPS) is 11.3. The van der Waals surface area contributed by atoms with Crippen molar-refractivity contribution < 1.29 is 13.2 Å². The highest BCUT2D eigenvalue weighted by Crippen LogP contribution is 2.23. The van der Waals surface area contributed by atoms with Gasteiger partial charge in [0.05, 0.1) is 27.2 Å². The number of para-hydroxylation sites is 2. The fourth-order valence-corrected chi connectivity index (χ4v) is 3.98. The smallest absolute Gasteiger partial charge is 0.322 e. The molecule has 1 heterocycles. The van der Waals surface area contributed by atoms with Crippen molar-refractivity contribution in [2.45, 2.75) is 4.90 Å². The minimum absolute atomic E-state index is 0.0430. The molecule has 0 saturated heterocycles. The van der Waals surface area contributed by atoms with Crippen molar-refractivity contribution in [2.75, 3.05) is 10.0 Å². The zero-order valence-corrected chi connectivity index (χ0v) is 15.8. The number of aromatic nitrogens is 2. The number of rotatable bonds is 5. The van der Waals surface area contributed by atoms with Crippen LogP contribution in [0.25, 0.3) is 11.0 Å². The van der Waals surface area contributed by atoms with Crippen molar-refractivity contribution >= 4 is 38.3 Å². The Labute approximate surface area is 165 Å². The van der Waals surface area contributed by atoms with Gasteiger partial charge in [-0.25, -0.2) is 13.2 Å². The van der Waals surface area contributed by atoms with Crippen LogP contribution in [-0.2, 0) is 10.0 Å². The minimum Gasteiger partial charge on any atom is -0.322 e. The van der Waals surface area contributed by atoms with E-state index in [0.717, 1.165) is 0 Å². The largest absolute Gasteiger partial charge is 0.323 e. The van der Waals surface area contributed by atoms with Crippen LogP contribution in [0.15, 0.2) is 82.5 Å². The SMILES string of the molecule is O=C(Nc1ccccc1)c1ccccc1NS(=O)(=O)c1ccc2[nH]c(=O)[nH]c2c1. The molecular formula is C20H16N4O4S. The van der Waals surface area contributed by atoms with Gasteiger partial charge in [-0.1, -0.05) is 30.3 Å². The van der Waals surface area contributed by atoms with Crippen LogP contribution in [0.3, 0.4) is 0 Å². The highest BCUT2D eigenvalue weighted by Gasteiger charge is 2.19. The van der Waals surface area contributed by atoms with Crippen molar-refractivity contribution in [3.05, 3.63) is 88.8 Å². The first kappa shape index (κ1) is 18.5. The number of nitrogens with one attached hydrogen (secondary N) is 4. The summed E-state index contributed by atoms with van der Waals surface area (Å²) < 4.78 is 28.1. The Kier molecular flexibility index (Phi) is 4.65. The number of anilines is 2. The molecule has 4 aromatic rings. The van der Waals surface area contributed by atoms with Crippen molar-refractivity contribution in [2.24, 2.45) is 0 Å². The summed E-state index contributed by atoms with van der Waals surface area (Å²) in [6.07, 6.45) is 0. The van der Waals surface area contributed by atoms with Gasteiger partial charge in [0.2, 0.25) is 0 Å². The number of hydrogen-bond donors (Lipinski definition) is 4. The Morgan fingerprint density at radius 1 is 0.828 bits per heavy atom. The Balaban J connectivity index is 1.64. The third-order valence-electron chi connectivity index (χ3n) is 4.25. The number of carbonyl (C=O) groups excluding carboxylic acids is 1. The Morgan fingerprint density at radius 3 is 2.31 bits per heavy atom. The predicted octanol–water partition coefficient (Wildman–Crippen LogP) is 2.91. The standard InChI is InChI=1S/C20H16N4O4S/c25-19(21-13-6-2-1-3-7-13)15-8-4-5-9-16(15)24-29(27,28)14-10-11-17-18(12-14)23-20(26)22-17/h1-12,24H,(H,21,25)(H2,22,23,26). The number of sulfonamides is 1. The highest BCUT2D eigenvalue weighted by atomic mass is 32.2. The topological polar surface area (TPSA) is 124 Å². The van der Waals surface area contributed by atoms with E-state index < -0.39 is 21.6 Å². The molecule has 1 amide bonds. The zero-order valence-electron chi connectivity index (χ0n) is 15.0. The van der Waals surface area contributed by atoms with E-state index >= 15 is 0 Å². The van der Waals surface area contributed by atoms with E-state index in [1.165, 1.54) is 30.3 Å². The van der Waals surface area contributed by atoms with E-state index in [-0.39, 0.29) is 16.1 Å². The van der Waals surface area contributed by atoms with Gasteiger partial charge in [-0.15, -0.1) is 0 Å². The van der Waals surface area contributed by atoms with Crippen LogP contribution in [0, 0.1) is 0 Å². The lowest BCUT2D eigenvalue weighted by molar-refractivity contribution is 0.102. The van der Waals surface area contributed by atoms with Gasteiger partial charge in [0.15, 0.2) is 0 Å². The zero-order chi connectivity index (χ0) is 20.4. The number of hydrogen-bond acceptors (Lipinski definition) is 4. The summed E-state index contributed by atoms with van der Waals surface area (Å²) in [5.74, 6) is -0.445. The molecule has 0 bridgehead atoms. The number of benzene rings is 3. The number of imidazole rings is 1. The van der Waals surface area contributed by atoms with E-state index in [2.05, 4.69) is 20.0 Å². The number of H-pyrrole nitrogens is 2. The van der Waals surface area contributed by atoms with Crippen LogP contribution in [0.1, 0.15) is 10.4 Å². The van der Waals surface area contributed by atoms with Crippen LogP contribution in [0.4, 0.5) is 11.4 Å². The lowest BCUT2D eigenvalue weighted by atomic mass is 10.1. The van der Waals surface area contributed by atoms with Gasteiger partial charge >= 0.3 is 5.69 Å². The van der Waals surface area contributed by atoms with Gasteiger partial charge in [-0.2, -0.15) is 0 Å². The average Bonchev–Trinajstić information content (AvgIpc) is 3.08. The first-order valence-electron chi connectivity index (χ1n) is 8.63. The molecule has 29 heavy (non-hydrogen) atoms. The van der Waals surface area contributed by atoms with Crippen molar-refractivity contribution in [1.82, 2.24) is 9.97 Å². The molecular weight excluding hydrogens is 392 g/mol.